The SMILES string of the molecule is CCN(CC)C1CCN(c2cc(C)ncc2C(=O)O)C1. The van der Waals surface area contributed by atoms with Gasteiger partial charge in [-0.3, -0.25) is 9.88 Å². The summed E-state index contributed by atoms with van der Waals surface area (Å²) in [4.78, 5) is 20.1. The molecule has 110 valence electrons. The second-order valence-electron chi connectivity index (χ2n) is 5.26. The number of pyridine rings is 1. The topological polar surface area (TPSA) is 56.7 Å². The summed E-state index contributed by atoms with van der Waals surface area (Å²) in [6.45, 7) is 10.1. The lowest BCUT2D eigenvalue weighted by atomic mass is 10.2. The Morgan fingerprint density at radius 1 is 1.50 bits per heavy atom. The number of aromatic nitrogens is 1. The fourth-order valence-electron chi connectivity index (χ4n) is 2.97. The van der Waals surface area contributed by atoms with Gasteiger partial charge in [-0.05, 0) is 32.5 Å². The maximum atomic E-state index is 11.3. The molecular weight excluding hydrogens is 254 g/mol. The Morgan fingerprint density at radius 3 is 2.80 bits per heavy atom. The largest absolute Gasteiger partial charge is 0.478 e. The fraction of sp³-hybridized carbons (Fsp3) is 0.600. The van der Waals surface area contributed by atoms with Gasteiger partial charge in [0.15, 0.2) is 0 Å². The van der Waals surface area contributed by atoms with Crippen molar-refractivity contribution in [3.8, 4) is 0 Å². The number of nitrogens with zero attached hydrogens (tertiary/aromatic N) is 3. The van der Waals surface area contributed by atoms with Crippen LogP contribution in [0.1, 0.15) is 36.3 Å². The minimum Gasteiger partial charge on any atom is -0.478 e. The zero-order valence-electron chi connectivity index (χ0n) is 12.5. The van der Waals surface area contributed by atoms with E-state index in [9.17, 15) is 9.90 Å². The molecule has 0 aromatic carbocycles. The Labute approximate surface area is 120 Å². The van der Waals surface area contributed by atoms with Gasteiger partial charge in [0.1, 0.15) is 5.56 Å². The molecule has 5 nitrogen and oxygen atoms in total. The first kappa shape index (κ1) is 14.8. The number of rotatable bonds is 5. The summed E-state index contributed by atoms with van der Waals surface area (Å²) in [5, 5.41) is 9.31. The zero-order valence-corrected chi connectivity index (χ0v) is 12.5. The second-order valence-corrected chi connectivity index (χ2v) is 5.26. The first-order valence-electron chi connectivity index (χ1n) is 7.25. The first-order chi connectivity index (χ1) is 9.56. The summed E-state index contributed by atoms with van der Waals surface area (Å²) in [5.74, 6) is -0.904. The molecule has 1 saturated heterocycles. The van der Waals surface area contributed by atoms with E-state index < -0.39 is 5.97 Å². The van der Waals surface area contributed by atoms with Crippen LogP contribution in [0.2, 0.25) is 0 Å². The molecule has 0 amide bonds. The van der Waals surface area contributed by atoms with Crippen LogP contribution in [-0.2, 0) is 0 Å². The highest BCUT2D eigenvalue weighted by atomic mass is 16.4. The molecule has 2 rings (SSSR count). The van der Waals surface area contributed by atoms with Gasteiger partial charge in [0.2, 0.25) is 0 Å². The van der Waals surface area contributed by atoms with E-state index >= 15 is 0 Å². The third-order valence-electron chi connectivity index (χ3n) is 4.08. The molecule has 0 aliphatic carbocycles. The Balaban J connectivity index is 2.21. The minimum atomic E-state index is -0.904. The summed E-state index contributed by atoms with van der Waals surface area (Å²) in [6.07, 6.45) is 2.56. The third-order valence-corrected chi connectivity index (χ3v) is 4.08. The molecule has 0 bridgehead atoms. The summed E-state index contributed by atoms with van der Waals surface area (Å²) >= 11 is 0. The Hall–Kier alpha value is -1.62. The quantitative estimate of drug-likeness (QED) is 0.892. The number of hydrogen-bond donors (Lipinski definition) is 1. The highest BCUT2D eigenvalue weighted by Gasteiger charge is 2.28. The Morgan fingerprint density at radius 2 is 2.20 bits per heavy atom. The van der Waals surface area contributed by atoms with Gasteiger partial charge in [0, 0.05) is 31.0 Å². The summed E-state index contributed by atoms with van der Waals surface area (Å²) < 4.78 is 0. The lowest BCUT2D eigenvalue weighted by molar-refractivity contribution is 0.0697. The number of carboxylic acid groups (broad SMARTS) is 1. The van der Waals surface area contributed by atoms with E-state index in [-0.39, 0.29) is 0 Å². The van der Waals surface area contributed by atoms with E-state index in [1.54, 1.807) is 0 Å². The van der Waals surface area contributed by atoms with Gasteiger partial charge in [-0.1, -0.05) is 13.8 Å². The minimum absolute atomic E-state index is 0.302. The average molecular weight is 277 g/mol. The molecule has 0 spiro atoms. The molecule has 1 unspecified atom stereocenters. The third kappa shape index (κ3) is 2.93. The van der Waals surface area contributed by atoms with Crippen molar-refractivity contribution >= 4 is 11.7 Å². The van der Waals surface area contributed by atoms with Crippen molar-refractivity contribution in [3.05, 3.63) is 23.5 Å². The maximum absolute atomic E-state index is 11.3. The number of carbonyl (C=O) groups is 1. The summed E-state index contributed by atoms with van der Waals surface area (Å²) in [5.41, 5.74) is 1.96. The molecule has 5 heteroatoms. The molecule has 1 N–H and O–H groups in total. The van der Waals surface area contributed by atoms with Crippen molar-refractivity contribution in [2.24, 2.45) is 0 Å². The van der Waals surface area contributed by atoms with E-state index in [1.807, 2.05) is 13.0 Å². The number of likely N-dealkylation sites (N-methyl/N-ethyl adjacent to an activating group) is 1. The van der Waals surface area contributed by atoms with Crippen LogP contribution in [0.25, 0.3) is 0 Å². The van der Waals surface area contributed by atoms with Crippen LogP contribution in [0, 0.1) is 6.92 Å². The fourth-order valence-corrected chi connectivity index (χ4v) is 2.97. The molecule has 1 fully saturated rings. The van der Waals surface area contributed by atoms with Crippen LogP contribution in [0.4, 0.5) is 5.69 Å². The number of aryl methyl sites for hydroxylation is 1. The van der Waals surface area contributed by atoms with Gasteiger partial charge in [0.05, 0.1) is 5.69 Å². The highest BCUT2D eigenvalue weighted by Crippen LogP contribution is 2.26. The molecule has 1 aromatic rings. The molecule has 1 aliphatic rings. The summed E-state index contributed by atoms with van der Waals surface area (Å²) in [6, 6.07) is 2.40. The van der Waals surface area contributed by atoms with Crippen molar-refractivity contribution in [1.29, 1.82) is 0 Å². The standard InChI is InChI=1S/C15H23N3O2/c1-4-17(5-2)12-6-7-18(10-12)14-8-11(3)16-9-13(14)15(19)20/h8-9,12H,4-7,10H2,1-3H3,(H,19,20). The van der Waals surface area contributed by atoms with E-state index in [1.165, 1.54) is 6.20 Å². The molecule has 0 radical (unpaired) electrons. The van der Waals surface area contributed by atoms with E-state index in [0.717, 1.165) is 44.0 Å². The van der Waals surface area contributed by atoms with Crippen molar-refractivity contribution in [2.75, 3.05) is 31.1 Å². The van der Waals surface area contributed by atoms with Crippen molar-refractivity contribution in [2.45, 2.75) is 33.2 Å². The lowest BCUT2D eigenvalue weighted by Gasteiger charge is -2.27. The van der Waals surface area contributed by atoms with Crippen LogP contribution in [0.3, 0.4) is 0 Å². The van der Waals surface area contributed by atoms with Gasteiger partial charge in [0.25, 0.3) is 0 Å². The monoisotopic (exact) mass is 277 g/mol. The highest BCUT2D eigenvalue weighted by molar-refractivity contribution is 5.94. The molecule has 1 aliphatic heterocycles. The normalized spacial score (nSPS) is 18.8. The molecule has 2 heterocycles. The van der Waals surface area contributed by atoms with Crippen LogP contribution < -0.4 is 4.90 Å². The van der Waals surface area contributed by atoms with E-state index in [4.69, 9.17) is 0 Å². The second kappa shape index (κ2) is 6.22. The predicted molar refractivity (Wildman–Crippen MR) is 79.5 cm³/mol. The predicted octanol–water partition coefficient (Wildman–Crippen LogP) is 2.01. The Bertz CT molecular complexity index is 486. The lowest BCUT2D eigenvalue weighted by Crippen LogP contribution is -2.37. The van der Waals surface area contributed by atoms with Gasteiger partial charge in [-0.25, -0.2) is 4.79 Å². The van der Waals surface area contributed by atoms with Gasteiger partial charge in [-0.15, -0.1) is 0 Å². The Kier molecular flexibility index (Phi) is 4.60. The smallest absolute Gasteiger partial charge is 0.339 e. The van der Waals surface area contributed by atoms with E-state index in [0.29, 0.717) is 11.6 Å². The number of anilines is 1. The van der Waals surface area contributed by atoms with Gasteiger partial charge >= 0.3 is 5.97 Å². The van der Waals surface area contributed by atoms with Crippen molar-refractivity contribution in [1.82, 2.24) is 9.88 Å². The van der Waals surface area contributed by atoms with Crippen LogP contribution >= 0.6 is 0 Å². The maximum Gasteiger partial charge on any atom is 0.339 e. The van der Waals surface area contributed by atoms with Gasteiger partial charge < -0.3 is 10.0 Å². The first-order valence-corrected chi connectivity index (χ1v) is 7.25. The van der Waals surface area contributed by atoms with Gasteiger partial charge in [-0.2, -0.15) is 0 Å². The average Bonchev–Trinajstić information content (AvgIpc) is 2.89. The van der Waals surface area contributed by atoms with E-state index in [2.05, 4.69) is 28.6 Å². The van der Waals surface area contributed by atoms with Crippen molar-refractivity contribution < 1.29 is 9.90 Å². The molecule has 1 aromatic heterocycles. The summed E-state index contributed by atoms with van der Waals surface area (Å²) in [7, 11) is 0. The number of carboxylic acids is 1. The van der Waals surface area contributed by atoms with Crippen LogP contribution in [0.15, 0.2) is 12.3 Å². The van der Waals surface area contributed by atoms with Crippen LogP contribution in [0.5, 0.6) is 0 Å². The molecule has 1 atom stereocenters. The molecular formula is C15H23N3O2. The van der Waals surface area contributed by atoms with Crippen molar-refractivity contribution in [3.63, 3.8) is 0 Å². The zero-order chi connectivity index (χ0) is 14.7. The number of hydrogen-bond acceptors (Lipinski definition) is 4. The molecule has 0 saturated carbocycles. The van der Waals surface area contributed by atoms with Crippen LogP contribution in [-0.4, -0.2) is 53.2 Å². The molecule has 20 heavy (non-hydrogen) atoms. The number of aromatic carboxylic acids is 1.